The van der Waals surface area contributed by atoms with E-state index in [0.717, 1.165) is 37.4 Å². The van der Waals surface area contributed by atoms with Gasteiger partial charge in [-0.3, -0.25) is 0 Å². The predicted molar refractivity (Wildman–Crippen MR) is 76.8 cm³/mol. The molecule has 2 heterocycles. The van der Waals surface area contributed by atoms with Crippen molar-refractivity contribution in [2.45, 2.75) is 31.7 Å². The first kappa shape index (κ1) is 12.7. The molecule has 1 aromatic rings. The van der Waals surface area contributed by atoms with Gasteiger partial charge in [0.15, 0.2) is 0 Å². The molecule has 1 aliphatic heterocycles. The molecule has 0 radical (unpaired) electrons. The lowest BCUT2D eigenvalue weighted by Crippen LogP contribution is -2.40. The summed E-state index contributed by atoms with van der Waals surface area (Å²) in [6.07, 6.45) is 5.33. The van der Waals surface area contributed by atoms with E-state index >= 15 is 0 Å². The summed E-state index contributed by atoms with van der Waals surface area (Å²) in [5, 5.41) is 3.65. The smallest absolute Gasteiger partial charge is 0.214 e. The molecule has 1 aliphatic carbocycles. The number of aromatic nitrogens is 1. The molecule has 4 nitrogen and oxygen atoms in total. The fourth-order valence-electron chi connectivity index (χ4n) is 2.75. The van der Waals surface area contributed by atoms with Gasteiger partial charge in [-0.1, -0.05) is 6.07 Å². The maximum atomic E-state index is 5.21. The zero-order chi connectivity index (χ0) is 13.1. The lowest BCUT2D eigenvalue weighted by Gasteiger charge is -2.33. The molecule has 0 spiro atoms. The van der Waals surface area contributed by atoms with Crippen molar-refractivity contribution < 1.29 is 4.74 Å². The molecule has 1 aromatic heterocycles. The van der Waals surface area contributed by atoms with Crippen LogP contribution in [0.1, 0.15) is 25.7 Å². The van der Waals surface area contributed by atoms with E-state index in [2.05, 4.69) is 21.3 Å². The van der Waals surface area contributed by atoms with E-state index in [1.54, 1.807) is 7.11 Å². The summed E-state index contributed by atoms with van der Waals surface area (Å²) >= 11 is 0. The van der Waals surface area contributed by atoms with Gasteiger partial charge in [-0.15, -0.1) is 0 Å². The molecule has 4 heteroatoms. The zero-order valence-corrected chi connectivity index (χ0v) is 11.6. The van der Waals surface area contributed by atoms with Crippen LogP contribution in [0, 0.1) is 5.92 Å². The zero-order valence-electron chi connectivity index (χ0n) is 11.6. The monoisotopic (exact) mass is 261 g/mol. The normalized spacial score (nSPS) is 23.4. The van der Waals surface area contributed by atoms with Gasteiger partial charge in [-0.05, 0) is 44.2 Å². The Hall–Kier alpha value is -1.29. The van der Waals surface area contributed by atoms with Crippen molar-refractivity contribution >= 4 is 5.82 Å². The van der Waals surface area contributed by atoms with Gasteiger partial charge in [0, 0.05) is 25.2 Å². The minimum atomic E-state index is 0.704. The Morgan fingerprint density at radius 3 is 3.05 bits per heavy atom. The van der Waals surface area contributed by atoms with E-state index in [1.807, 2.05) is 12.1 Å². The Kier molecular flexibility index (Phi) is 3.87. The van der Waals surface area contributed by atoms with Crippen molar-refractivity contribution in [2.24, 2.45) is 5.92 Å². The molecule has 0 bridgehead atoms. The minimum Gasteiger partial charge on any atom is -0.481 e. The Morgan fingerprint density at radius 1 is 1.37 bits per heavy atom. The van der Waals surface area contributed by atoms with Gasteiger partial charge >= 0.3 is 0 Å². The highest BCUT2D eigenvalue weighted by Gasteiger charge is 2.25. The Balaban J connectivity index is 1.59. The third-order valence-electron chi connectivity index (χ3n) is 4.03. The van der Waals surface area contributed by atoms with Crippen LogP contribution in [0.3, 0.4) is 0 Å². The molecular formula is C15H23N3O. The second-order valence-electron chi connectivity index (χ2n) is 5.67. The predicted octanol–water partition coefficient (Wildman–Crippen LogP) is 2.06. The highest BCUT2D eigenvalue weighted by Crippen LogP contribution is 2.24. The molecule has 1 N–H and O–H groups in total. The second-order valence-corrected chi connectivity index (χ2v) is 5.67. The fraction of sp³-hybridized carbons (Fsp3) is 0.667. The van der Waals surface area contributed by atoms with Crippen LogP contribution >= 0.6 is 0 Å². The minimum absolute atomic E-state index is 0.704. The average molecular weight is 261 g/mol. The first-order chi connectivity index (χ1) is 9.35. The number of nitrogens with zero attached hydrogens (tertiary/aromatic N) is 2. The van der Waals surface area contributed by atoms with Gasteiger partial charge < -0.3 is 15.0 Å². The number of pyridine rings is 1. The summed E-state index contributed by atoms with van der Waals surface area (Å²) < 4.78 is 5.21. The largest absolute Gasteiger partial charge is 0.481 e. The van der Waals surface area contributed by atoms with Crippen LogP contribution in [0.4, 0.5) is 5.82 Å². The Labute approximate surface area is 115 Å². The van der Waals surface area contributed by atoms with Crippen LogP contribution in [0.25, 0.3) is 0 Å². The first-order valence-electron chi connectivity index (χ1n) is 7.34. The summed E-state index contributed by atoms with van der Waals surface area (Å²) in [7, 11) is 1.67. The molecule has 1 saturated heterocycles. The van der Waals surface area contributed by atoms with Crippen LogP contribution in [-0.4, -0.2) is 37.8 Å². The lowest BCUT2D eigenvalue weighted by atomic mass is 9.98. The van der Waals surface area contributed by atoms with E-state index in [4.69, 9.17) is 4.74 Å². The SMILES string of the molecule is COc1cccc(N2CCCC(CNC3CC3)C2)n1. The van der Waals surface area contributed by atoms with Crippen molar-refractivity contribution in [2.75, 3.05) is 31.6 Å². The number of hydrogen-bond donors (Lipinski definition) is 1. The Morgan fingerprint density at radius 2 is 2.26 bits per heavy atom. The van der Waals surface area contributed by atoms with E-state index in [1.165, 1.54) is 25.7 Å². The quantitative estimate of drug-likeness (QED) is 0.880. The molecule has 19 heavy (non-hydrogen) atoms. The molecule has 2 aliphatic rings. The topological polar surface area (TPSA) is 37.4 Å². The molecule has 3 rings (SSSR count). The summed E-state index contributed by atoms with van der Waals surface area (Å²) in [5.74, 6) is 2.51. The standard InChI is InChI=1S/C15H23N3O/c1-19-15-6-2-5-14(17-15)18-9-3-4-12(11-18)10-16-13-7-8-13/h2,5-6,12-13,16H,3-4,7-11H2,1H3. The molecular weight excluding hydrogens is 238 g/mol. The molecule has 0 amide bonds. The van der Waals surface area contributed by atoms with Gasteiger partial charge in [0.2, 0.25) is 5.88 Å². The van der Waals surface area contributed by atoms with Crippen LogP contribution in [0.2, 0.25) is 0 Å². The second kappa shape index (κ2) is 5.78. The summed E-state index contributed by atoms with van der Waals surface area (Å²) in [6.45, 7) is 3.38. The molecule has 2 fully saturated rings. The maximum absolute atomic E-state index is 5.21. The van der Waals surface area contributed by atoms with Crippen molar-refractivity contribution in [1.29, 1.82) is 0 Å². The van der Waals surface area contributed by atoms with Crippen LogP contribution in [0.5, 0.6) is 5.88 Å². The number of hydrogen-bond acceptors (Lipinski definition) is 4. The number of piperidine rings is 1. The third kappa shape index (κ3) is 3.38. The van der Waals surface area contributed by atoms with Gasteiger partial charge in [-0.2, -0.15) is 4.98 Å². The number of nitrogens with one attached hydrogen (secondary N) is 1. The van der Waals surface area contributed by atoms with Crippen LogP contribution < -0.4 is 15.0 Å². The lowest BCUT2D eigenvalue weighted by molar-refractivity contribution is 0.382. The average Bonchev–Trinajstić information content (AvgIpc) is 3.30. The first-order valence-corrected chi connectivity index (χ1v) is 7.34. The molecule has 0 aromatic carbocycles. The number of ether oxygens (including phenoxy) is 1. The van der Waals surface area contributed by atoms with Gasteiger partial charge in [0.1, 0.15) is 5.82 Å². The van der Waals surface area contributed by atoms with E-state index in [0.29, 0.717) is 5.88 Å². The molecule has 104 valence electrons. The van der Waals surface area contributed by atoms with Crippen molar-refractivity contribution in [1.82, 2.24) is 10.3 Å². The number of methoxy groups -OCH3 is 1. The molecule has 1 atom stereocenters. The van der Waals surface area contributed by atoms with E-state index in [9.17, 15) is 0 Å². The summed E-state index contributed by atoms with van der Waals surface area (Å²) in [6, 6.07) is 6.82. The van der Waals surface area contributed by atoms with Gasteiger partial charge in [0.25, 0.3) is 0 Å². The van der Waals surface area contributed by atoms with Crippen LogP contribution in [0.15, 0.2) is 18.2 Å². The van der Waals surface area contributed by atoms with Crippen molar-refractivity contribution in [3.05, 3.63) is 18.2 Å². The van der Waals surface area contributed by atoms with Crippen molar-refractivity contribution in [3.63, 3.8) is 0 Å². The maximum Gasteiger partial charge on any atom is 0.214 e. The van der Waals surface area contributed by atoms with Gasteiger partial charge in [-0.25, -0.2) is 0 Å². The number of anilines is 1. The molecule has 1 unspecified atom stereocenters. The van der Waals surface area contributed by atoms with E-state index < -0.39 is 0 Å². The number of rotatable bonds is 5. The highest BCUT2D eigenvalue weighted by atomic mass is 16.5. The third-order valence-corrected chi connectivity index (χ3v) is 4.03. The van der Waals surface area contributed by atoms with E-state index in [-0.39, 0.29) is 0 Å². The molecule has 1 saturated carbocycles. The summed E-state index contributed by atoms with van der Waals surface area (Å²) in [5.41, 5.74) is 0. The van der Waals surface area contributed by atoms with Gasteiger partial charge in [0.05, 0.1) is 7.11 Å². The highest BCUT2D eigenvalue weighted by molar-refractivity contribution is 5.41. The van der Waals surface area contributed by atoms with Crippen molar-refractivity contribution in [3.8, 4) is 5.88 Å². The fourth-order valence-corrected chi connectivity index (χ4v) is 2.75. The van der Waals surface area contributed by atoms with Crippen LogP contribution in [-0.2, 0) is 0 Å². The Bertz CT molecular complexity index is 420. The summed E-state index contributed by atoms with van der Waals surface area (Å²) in [4.78, 5) is 6.93.